The second kappa shape index (κ2) is 19.0. The standard InChI is InChI=1S/C22H46N3O.ClH/c1-2-3-4-5-6-7-8-9-10-11-12-13-14-15-22-24(17-16-23)18-19-25(22)20-21-26;/h26H,2-21,23H2,1H3;1H/q+1;/p-1. The van der Waals surface area contributed by atoms with Crippen LogP contribution >= 0.6 is 0 Å². The highest BCUT2D eigenvalue weighted by Crippen LogP contribution is 2.14. The Hall–Kier alpha value is -0.320. The number of aliphatic hydroxyl groups is 1. The number of hydrogen-bond acceptors (Lipinski definition) is 3. The van der Waals surface area contributed by atoms with Crippen molar-refractivity contribution in [1.82, 2.24) is 4.90 Å². The van der Waals surface area contributed by atoms with Crippen molar-refractivity contribution < 1.29 is 22.1 Å². The van der Waals surface area contributed by atoms with E-state index in [1.165, 1.54) is 89.3 Å². The molecule has 1 aliphatic rings. The van der Waals surface area contributed by atoms with Crippen molar-refractivity contribution in [2.24, 2.45) is 5.73 Å². The molecule has 0 unspecified atom stereocenters. The summed E-state index contributed by atoms with van der Waals surface area (Å²) in [6, 6.07) is 0. The fraction of sp³-hybridized carbons (Fsp3) is 0.955. The van der Waals surface area contributed by atoms with Crippen molar-refractivity contribution in [3.05, 3.63) is 0 Å². The zero-order valence-electron chi connectivity index (χ0n) is 17.9. The average Bonchev–Trinajstić information content (AvgIpc) is 3.01. The highest BCUT2D eigenvalue weighted by atomic mass is 35.5. The fourth-order valence-corrected chi connectivity index (χ4v) is 4.07. The molecule has 0 radical (unpaired) electrons. The fourth-order valence-electron chi connectivity index (χ4n) is 4.07. The van der Waals surface area contributed by atoms with Crippen molar-refractivity contribution in [3.63, 3.8) is 0 Å². The van der Waals surface area contributed by atoms with Crippen LogP contribution in [-0.4, -0.2) is 59.7 Å². The Bertz CT molecular complexity index is 363. The number of halogens is 1. The predicted octanol–water partition coefficient (Wildman–Crippen LogP) is 1.15. The van der Waals surface area contributed by atoms with E-state index in [1.54, 1.807) is 0 Å². The van der Waals surface area contributed by atoms with Crippen LogP contribution in [0, 0.1) is 0 Å². The van der Waals surface area contributed by atoms with Crippen LogP contribution in [0.5, 0.6) is 0 Å². The smallest absolute Gasteiger partial charge is 0.247 e. The van der Waals surface area contributed by atoms with Gasteiger partial charge in [-0.15, -0.1) is 0 Å². The molecule has 162 valence electrons. The third kappa shape index (κ3) is 12.7. The number of rotatable bonds is 18. The minimum Gasteiger partial charge on any atom is -1.00 e. The molecule has 0 aromatic heterocycles. The average molecular weight is 404 g/mol. The molecule has 27 heavy (non-hydrogen) atoms. The van der Waals surface area contributed by atoms with Gasteiger partial charge in [0.25, 0.3) is 0 Å². The molecular weight excluding hydrogens is 358 g/mol. The van der Waals surface area contributed by atoms with Crippen molar-refractivity contribution in [3.8, 4) is 0 Å². The molecule has 0 saturated carbocycles. The van der Waals surface area contributed by atoms with E-state index in [0.29, 0.717) is 0 Å². The van der Waals surface area contributed by atoms with Gasteiger partial charge >= 0.3 is 0 Å². The SMILES string of the molecule is CCCCCCCCCCCCCCCC1=[N+](CCN)CCN1CCO.[Cl-]. The van der Waals surface area contributed by atoms with Gasteiger partial charge in [-0.25, -0.2) is 0 Å². The van der Waals surface area contributed by atoms with Gasteiger partial charge in [0, 0.05) is 13.0 Å². The van der Waals surface area contributed by atoms with Gasteiger partial charge in [-0.1, -0.05) is 84.0 Å². The summed E-state index contributed by atoms with van der Waals surface area (Å²) in [6.07, 6.45) is 19.4. The lowest BCUT2D eigenvalue weighted by atomic mass is 10.0. The van der Waals surface area contributed by atoms with Crippen LogP contribution in [-0.2, 0) is 0 Å². The summed E-state index contributed by atoms with van der Waals surface area (Å²) in [6.45, 7) is 7.10. The van der Waals surface area contributed by atoms with Crippen LogP contribution in [0.1, 0.15) is 96.8 Å². The summed E-state index contributed by atoms with van der Waals surface area (Å²) in [5.74, 6) is 1.42. The van der Waals surface area contributed by atoms with E-state index in [2.05, 4.69) is 16.4 Å². The topological polar surface area (TPSA) is 52.5 Å². The first-order valence-corrected chi connectivity index (χ1v) is 11.5. The normalized spacial score (nSPS) is 14.1. The highest BCUT2D eigenvalue weighted by molar-refractivity contribution is 5.78. The molecule has 0 spiro atoms. The predicted molar refractivity (Wildman–Crippen MR) is 113 cm³/mol. The van der Waals surface area contributed by atoms with Crippen LogP contribution in [0.4, 0.5) is 0 Å². The third-order valence-electron chi connectivity index (χ3n) is 5.64. The molecule has 1 aliphatic heterocycles. The van der Waals surface area contributed by atoms with E-state index in [9.17, 15) is 5.11 Å². The molecule has 0 aliphatic carbocycles. The molecule has 1 rings (SSSR count). The number of nitrogens with two attached hydrogens (primary N) is 1. The van der Waals surface area contributed by atoms with Gasteiger partial charge < -0.3 is 23.2 Å². The van der Waals surface area contributed by atoms with Gasteiger partial charge in [0.1, 0.15) is 19.6 Å². The van der Waals surface area contributed by atoms with E-state index >= 15 is 0 Å². The van der Waals surface area contributed by atoms with E-state index in [-0.39, 0.29) is 19.0 Å². The van der Waals surface area contributed by atoms with Crippen LogP contribution in [0.25, 0.3) is 0 Å². The molecule has 0 saturated heterocycles. The van der Waals surface area contributed by atoms with Gasteiger partial charge in [0.2, 0.25) is 5.84 Å². The quantitative estimate of drug-likeness (QED) is 0.266. The Balaban J connectivity index is 0.00000676. The summed E-state index contributed by atoms with van der Waals surface area (Å²) in [4.78, 5) is 2.36. The Kier molecular flexibility index (Phi) is 18.8. The number of amidine groups is 1. The number of unbranched alkanes of at least 4 members (excludes halogenated alkanes) is 12. The maximum absolute atomic E-state index is 9.25. The van der Waals surface area contributed by atoms with Crippen molar-refractivity contribution in [2.45, 2.75) is 96.8 Å². The lowest BCUT2D eigenvalue weighted by Gasteiger charge is -2.12. The number of hydrogen-bond donors (Lipinski definition) is 2. The summed E-state index contributed by atoms with van der Waals surface area (Å²) in [5.41, 5.74) is 5.74. The Morgan fingerprint density at radius 3 is 1.89 bits per heavy atom. The molecular formula is C22H46ClN3O. The van der Waals surface area contributed by atoms with Gasteiger partial charge in [0.05, 0.1) is 13.2 Å². The summed E-state index contributed by atoms with van der Waals surface area (Å²) in [5, 5.41) is 9.25. The van der Waals surface area contributed by atoms with Crippen LogP contribution in [0.2, 0.25) is 0 Å². The number of aliphatic hydroxyl groups excluding tert-OH is 1. The van der Waals surface area contributed by atoms with E-state index < -0.39 is 0 Å². The van der Waals surface area contributed by atoms with Crippen LogP contribution in [0.15, 0.2) is 0 Å². The second-order valence-corrected chi connectivity index (χ2v) is 7.90. The molecule has 5 heteroatoms. The van der Waals surface area contributed by atoms with Crippen LogP contribution in [0.3, 0.4) is 0 Å². The maximum atomic E-state index is 9.25. The molecule has 1 heterocycles. The summed E-state index contributed by atoms with van der Waals surface area (Å²) < 4.78 is 2.43. The zero-order chi connectivity index (χ0) is 18.9. The molecule has 0 bridgehead atoms. The lowest BCUT2D eigenvalue weighted by Crippen LogP contribution is -3.00. The first-order valence-electron chi connectivity index (χ1n) is 11.5. The highest BCUT2D eigenvalue weighted by Gasteiger charge is 2.28. The first kappa shape index (κ1) is 26.7. The van der Waals surface area contributed by atoms with Gasteiger partial charge in [-0.3, -0.25) is 9.48 Å². The van der Waals surface area contributed by atoms with E-state index in [0.717, 1.165) is 39.1 Å². The van der Waals surface area contributed by atoms with Crippen molar-refractivity contribution >= 4 is 5.84 Å². The molecule has 0 atom stereocenters. The molecule has 0 aromatic rings. The van der Waals surface area contributed by atoms with Gasteiger partial charge in [0.15, 0.2) is 0 Å². The zero-order valence-corrected chi connectivity index (χ0v) is 18.7. The first-order chi connectivity index (χ1) is 12.8. The second-order valence-electron chi connectivity index (χ2n) is 7.90. The van der Waals surface area contributed by atoms with Crippen molar-refractivity contribution in [1.29, 1.82) is 0 Å². The summed E-state index contributed by atoms with van der Waals surface area (Å²) in [7, 11) is 0. The third-order valence-corrected chi connectivity index (χ3v) is 5.64. The molecule has 0 aromatic carbocycles. The minimum atomic E-state index is 0. The lowest BCUT2D eigenvalue weighted by molar-refractivity contribution is -0.516. The largest absolute Gasteiger partial charge is 1.00 e. The Morgan fingerprint density at radius 2 is 1.41 bits per heavy atom. The van der Waals surface area contributed by atoms with Crippen molar-refractivity contribution in [2.75, 3.05) is 39.3 Å². The molecule has 0 fully saturated rings. The monoisotopic (exact) mass is 403 g/mol. The summed E-state index contributed by atoms with van der Waals surface area (Å²) >= 11 is 0. The van der Waals surface area contributed by atoms with E-state index in [1.807, 2.05) is 0 Å². The van der Waals surface area contributed by atoms with E-state index in [4.69, 9.17) is 5.73 Å². The maximum Gasteiger partial charge on any atom is 0.247 e. The minimum absolute atomic E-state index is 0. The molecule has 4 nitrogen and oxygen atoms in total. The van der Waals surface area contributed by atoms with Crippen LogP contribution < -0.4 is 18.1 Å². The number of β-amino-alcohol motifs (C(OH)–C–C–N with tert-alkyl or cyclic N) is 1. The molecule has 3 N–H and O–H groups in total. The van der Waals surface area contributed by atoms with Gasteiger partial charge in [-0.2, -0.15) is 0 Å². The Labute approximate surface area is 175 Å². The number of nitrogens with zero attached hydrogens (tertiary/aromatic N) is 2. The Morgan fingerprint density at radius 1 is 0.889 bits per heavy atom. The van der Waals surface area contributed by atoms with Gasteiger partial charge in [-0.05, 0) is 6.42 Å². The molecule has 0 amide bonds.